The molecule has 0 fully saturated rings. The molecule has 0 radical (unpaired) electrons. The van der Waals surface area contributed by atoms with Crippen LogP contribution in [0.3, 0.4) is 0 Å². The maximum absolute atomic E-state index is 10.3. The second kappa shape index (κ2) is 3.17. The zero-order valence-electron chi connectivity index (χ0n) is 6.81. The third-order valence-electron chi connectivity index (χ3n) is 1.27. The number of aromatic nitrogens is 2. The summed E-state index contributed by atoms with van der Waals surface area (Å²) in [5.74, 6) is -0.791. The Morgan fingerprint density at radius 2 is 1.92 bits per heavy atom. The van der Waals surface area contributed by atoms with Crippen molar-refractivity contribution < 1.29 is 9.90 Å². The minimum atomic E-state index is -1.26. The van der Waals surface area contributed by atoms with Crippen molar-refractivity contribution in [3.63, 3.8) is 0 Å². The molecule has 1 aromatic heterocycles. The van der Waals surface area contributed by atoms with Gasteiger partial charge in [0.05, 0.1) is 5.97 Å². The monoisotopic (exact) mass is 166 g/mol. The zero-order valence-corrected chi connectivity index (χ0v) is 6.81. The maximum Gasteiger partial charge on any atom is 0.224 e. The Morgan fingerprint density at radius 1 is 1.42 bits per heavy atom. The van der Waals surface area contributed by atoms with Gasteiger partial charge in [0, 0.05) is 32.1 Å². The van der Waals surface area contributed by atoms with Crippen LogP contribution < -0.4 is 10.0 Å². The fraction of sp³-hybridized carbons (Fsp3) is 0.286. The Labute approximate surface area is 69.7 Å². The molecule has 0 atom stereocenters. The molecule has 1 aromatic rings. The molecular formula is C7H8N3O2-. The number of hydrogen-bond acceptors (Lipinski definition) is 5. The first-order chi connectivity index (χ1) is 5.61. The highest BCUT2D eigenvalue weighted by Crippen LogP contribution is 2.01. The molecule has 5 heteroatoms. The molecule has 12 heavy (non-hydrogen) atoms. The van der Waals surface area contributed by atoms with E-state index in [4.69, 9.17) is 0 Å². The summed E-state index contributed by atoms with van der Waals surface area (Å²) in [6, 6.07) is 0. The second-order valence-corrected chi connectivity index (χ2v) is 2.45. The average molecular weight is 166 g/mol. The summed E-state index contributed by atoms with van der Waals surface area (Å²) in [6.45, 7) is 0. The molecule has 0 saturated heterocycles. The summed E-state index contributed by atoms with van der Waals surface area (Å²) in [5.41, 5.74) is -0.0133. The highest BCUT2D eigenvalue weighted by molar-refractivity contribution is 5.84. The number of rotatable bonds is 2. The van der Waals surface area contributed by atoms with Crippen LogP contribution in [0.1, 0.15) is 10.4 Å². The molecule has 1 heterocycles. The van der Waals surface area contributed by atoms with E-state index in [2.05, 4.69) is 9.97 Å². The van der Waals surface area contributed by atoms with Crippen molar-refractivity contribution in [3.8, 4) is 0 Å². The quantitative estimate of drug-likeness (QED) is 0.558. The summed E-state index contributed by atoms with van der Waals surface area (Å²) in [5, 5.41) is 10.3. The van der Waals surface area contributed by atoms with Crippen molar-refractivity contribution in [2.75, 3.05) is 19.0 Å². The van der Waals surface area contributed by atoms with E-state index in [0.717, 1.165) is 0 Å². The Balaban J connectivity index is 2.93. The molecule has 1 rings (SSSR count). The van der Waals surface area contributed by atoms with Crippen molar-refractivity contribution in [3.05, 3.63) is 18.0 Å². The fourth-order valence-corrected chi connectivity index (χ4v) is 0.658. The molecule has 0 aliphatic carbocycles. The molecule has 0 aliphatic heterocycles. The van der Waals surface area contributed by atoms with Gasteiger partial charge < -0.3 is 14.8 Å². The van der Waals surface area contributed by atoms with Crippen LogP contribution in [0.15, 0.2) is 12.4 Å². The topological polar surface area (TPSA) is 69.2 Å². The molecule has 0 spiro atoms. The van der Waals surface area contributed by atoms with Crippen LogP contribution in [-0.2, 0) is 0 Å². The Bertz CT molecular complexity index is 281. The van der Waals surface area contributed by atoms with Gasteiger partial charge in [-0.15, -0.1) is 0 Å². The minimum Gasteiger partial charge on any atom is -0.545 e. The maximum atomic E-state index is 10.3. The Morgan fingerprint density at radius 3 is 2.25 bits per heavy atom. The largest absolute Gasteiger partial charge is 0.545 e. The van der Waals surface area contributed by atoms with Crippen LogP contribution in [0, 0.1) is 0 Å². The number of carbonyl (C=O) groups excluding carboxylic acids is 1. The average Bonchev–Trinajstić information content (AvgIpc) is 2.04. The van der Waals surface area contributed by atoms with Gasteiger partial charge in [-0.3, -0.25) is 0 Å². The van der Waals surface area contributed by atoms with Crippen molar-refractivity contribution in [2.45, 2.75) is 0 Å². The number of nitrogens with zero attached hydrogens (tertiary/aromatic N) is 3. The third kappa shape index (κ3) is 1.69. The predicted octanol–water partition coefficient (Wildman–Crippen LogP) is -1.09. The van der Waals surface area contributed by atoms with E-state index in [0.29, 0.717) is 5.95 Å². The summed E-state index contributed by atoms with van der Waals surface area (Å²) in [6.07, 6.45) is 2.44. The van der Waals surface area contributed by atoms with Gasteiger partial charge in [0.1, 0.15) is 0 Å². The summed E-state index contributed by atoms with van der Waals surface area (Å²) >= 11 is 0. The SMILES string of the molecule is CN(C)c1ncc(C(=O)[O-])cn1. The van der Waals surface area contributed by atoms with Crippen LogP contribution in [0.5, 0.6) is 0 Å². The number of anilines is 1. The molecular weight excluding hydrogens is 158 g/mol. The molecule has 0 bridgehead atoms. The van der Waals surface area contributed by atoms with Gasteiger partial charge in [0.15, 0.2) is 0 Å². The predicted molar refractivity (Wildman–Crippen MR) is 40.7 cm³/mol. The van der Waals surface area contributed by atoms with Gasteiger partial charge in [-0.1, -0.05) is 0 Å². The molecule has 5 nitrogen and oxygen atoms in total. The van der Waals surface area contributed by atoms with Crippen molar-refractivity contribution in [2.24, 2.45) is 0 Å². The first-order valence-corrected chi connectivity index (χ1v) is 3.32. The highest BCUT2D eigenvalue weighted by Gasteiger charge is 1.98. The summed E-state index contributed by atoms with van der Waals surface area (Å²) in [7, 11) is 3.54. The lowest BCUT2D eigenvalue weighted by Gasteiger charge is -2.09. The van der Waals surface area contributed by atoms with Gasteiger partial charge in [-0.25, -0.2) is 9.97 Å². The van der Waals surface area contributed by atoms with Crippen LogP contribution in [-0.4, -0.2) is 30.0 Å². The molecule has 64 valence electrons. The van der Waals surface area contributed by atoms with E-state index < -0.39 is 5.97 Å². The summed E-state index contributed by atoms with van der Waals surface area (Å²) in [4.78, 5) is 19.5. The standard InChI is InChI=1S/C7H9N3O2/c1-10(2)7-8-3-5(4-9-7)6(11)12/h3-4H,1-2H3,(H,11,12)/p-1. The van der Waals surface area contributed by atoms with E-state index in [1.807, 2.05) is 0 Å². The van der Waals surface area contributed by atoms with E-state index in [1.54, 1.807) is 19.0 Å². The minimum absolute atomic E-state index is 0.0133. The van der Waals surface area contributed by atoms with Gasteiger partial charge >= 0.3 is 0 Å². The second-order valence-electron chi connectivity index (χ2n) is 2.45. The van der Waals surface area contributed by atoms with Gasteiger partial charge in [0.25, 0.3) is 0 Å². The normalized spacial score (nSPS) is 9.50. The number of carbonyl (C=O) groups is 1. The molecule has 0 aliphatic rings. The Hall–Kier alpha value is -1.65. The van der Waals surface area contributed by atoms with E-state index >= 15 is 0 Å². The lowest BCUT2D eigenvalue weighted by atomic mass is 10.3. The first-order valence-electron chi connectivity index (χ1n) is 3.32. The number of hydrogen-bond donors (Lipinski definition) is 0. The van der Waals surface area contributed by atoms with Gasteiger partial charge in [-0.2, -0.15) is 0 Å². The zero-order chi connectivity index (χ0) is 9.14. The Kier molecular flexibility index (Phi) is 2.23. The van der Waals surface area contributed by atoms with E-state index in [1.165, 1.54) is 12.4 Å². The number of carboxylic acid groups (broad SMARTS) is 1. The van der Waals surface area contributed by atoms with Crippen molar-refractivity contribution in [1.29, 1.82) is 0 Å². The van der Waals surface area contributed by atoms with Gasteiger partial charge in [-0.05, 0) is 0 Å². The van der Waals surface area contributed by atoms with Crippen LogP contribution in [0.2, 0.25) is 0 Å². The molecule has 0 aromatic carbocycles. The van der Waals surface area contributed by atoms with Gasteiger partial charge in [0.2, 0.25) is 5.95 Å². The smallest absolute Gasteiger partial charge is 0.224 e. The first kappa shape index (κ1) is 8.45. The third-order valence-corrected chi connectivity index (χ3v) is 1.27. The van der Waals surface area contributed by atoms with Crippen molar-refractivity contribution >= 4 is 11.9 Å². The number of aromatic carboxylic acids is 1. The molecule has 0 N–H and O–H groups in total. The van der Waals surface area contributed by atoms with Crippen LogP contribution in [0.4, 0.5) is 5.95 Å². The highest BCUT2D eigenvalue weighted by atomic mass is 16.4. The fourth-order valence-electron chi connectivity index (χ4n) is 0.658. The summed E-state index contributed by atoms with van der Waals surface area (Å²) < 4.78 is 0. The van der Waals surface area contributed by atoms with E-state index in [-0.39, 0.29) is 5.56 Å². The van der Waals surface area contributed by atoms with Crippen LogP contribution in [0.25, 0.3) is 0 Å². The molecule has 0 amide bonds. The molecule has 0 unspecified atom stereocenters. The number of carboxylic acids is 1. The molecule has 0 saturated carbocycles. The lowest BCUT2D eigenvalue weighted by Crippen LogP contribution is -2.23. The lowest BCUT2D eigenvalue weighted by molar-refractivity contribution is -0.255. The van der Waals surface area contributed by atoms with E-state index in [9.17, 15) is 9.90 Å². The van der Waals surface area contributed by atoms with Crippen molar-refractivity contribution in [1.82, 2.24) is 9.97 Å². The van der Waals surface area contributed by atoms with Crippen LogP contribution >= 0.6 is 0 Å².